The molecule has 0 amide bonds. The van der Waals surface area contributed by atoms with Gasteiger partial charge >= 0.3 is 0 Å². The first-order chi connectivity index (χ1) is 3.31. The highest BCUT2D eigenvalue weighted by atomic mass is 16.5. The van der Waals surface area contributed by atoms with Crippen molar-refractivity contribution in [1.29, 1.82) is 5.26 Å². The number of ether oxygens (including phenoxy) is 1. The van der Waals surface area contributed by atoms with Gasteiger partial charge in [0.05, 0.1) is 25.0 Å². The molecule has 0 rings (SSSR count). The molecule has 0 fully saturated rings. The van der Waals surface area contributed by atoms with Gasteiger partial charge in [-0.25, -0.2) is 0 Å². The van der Waals surface area contributed by atoms with E-state index in [1.807, 2.05) is 6.07 Å². The standard InChI is InChI=1S/C5H7NO/c1-5(3-6)4-7-2/h4H,1-2H3/b5-4+. The molecular formula is C5H7NO. The summed E-state index contributed by atoms with van der Waals surface area (Å²) < 4.78 is 4.51. The molecule has 0 aromatic carbocycles. The lowest BCUT2D eigenvalue weighted by atomic mass is 10.4. The first kappa shape index (κ1) is 6.03. The topological polar surface area (TPSA) is 33.0 Å². The van der Waals surface area contributed by atoms with Gasteiger partial charge in [-0.2, -0.15) is 5.26 Å². The lowest BCUT2D eigenvalue weighted by molar-refractivity contribution is 0.335. The van der Waals surface area contributed by atoms with E-state index in [9.17, 15) is 0 Å². The first-order valence-electron chi connectivity index (χ1n) is 1.91. The zero-order chi connectivity index (χ0) is 5.70. The van der Waals surface area contributed by atoms with Crippen molar-refractivity contribution in [2.24, 2.45) is 0 Å². The van der Waals surface area contributed by atoms with Gasteiger partial charge in [0.25, 0.3) is 0 Å². The van der Waals surface area contributed by atoms with Crippen LogP contribution in [-0.2, 0) is 4.74 Å². The molecule has 0 atom stereocenters. The summed E-state index contributed by atoms with van der Waals surface area (Å²) >= 11 is 0. The lowest BCUT2D eigenvalue weighted by Gasteiger charge is -1.83. The van der Waals surface area contributed by atoms with Gasteiger partial charge in [0.1, 0.15) is 0 Å². The highest BCUT2D eigenvalue weighted by molar-refractivity contribution is 5.14. The molecular weight excluding hydrogens is 90.1 g/mol. The lowest BCUT2D eigenvalue weighted by Crippen LogP contribution is -1.69. The van der Waals surface area contributed by atoms with Crippen molar-refractivity contribution >= 4 is 0 Å². The smallest absolute Gasteiger partial charge is 0.0976 e. The summed E-state index contributed by atoms with van der Waals surface area (Å²) in [5, 5.41) is 8.07. The Bertz CT molecular complexity index is 110. The minimum absolute atomic E-state index is 0.586. The molecule has 0 bridgehead atoms. The van der Waals surface area contributed by atoms with E-state index < -0.39 is 0 Å². The predicted octanol–water partition coefficient (Wildman–Crippen LogP) is 1.06. The molecule has 0 heterocycles. The average Bonchev–Trinajstić information content (AvgIpc) is 1.68. The second-order valence-electron chi connectivity index (χ2n) is 1.15. The number of hydrogen-bond donors (Lipinski definition) is 0. The quantitative estimate of drug-likeness (QED) is 0.362. The maximum absolute atomic E-state index is 8.07. The summed E-state index contributed by atoms with van der Waals surface area (Å²) in [6.07, 6.45) is 1.40. The van der Waals surface area contributed by atoms with Crippen molar-refractivity contribution in [2.45, 2.75) is 6.92 Å². The highest BCUT2D eigenvalue weighted by Crippen LogP contribution is 1.85. The van der Waals surface area contributed by atoms with Gasteiger partial charge in [0, 0.05) is 0 Å². The Hall–Kier alpha value is -0.970. The van der Waals surface area contributed by atoms with Gasteiger partial charge in [-0.15, -0.1) is 0 Å². The normalized spacial score (nSPS) is 10.1. The Morgan fingerprint density at radius 1 is 1.86 bits per heavy atom. The summed E-state index contributed by atoms with van der Waals surface area (Å²) in [6, 6.07) is 1.90. The first-order valence-corrected chi connectivity index (χ1v) is 1.91. The Kier molecular flexibility index (Phi) is 2.78. The molecule has 0 aromatic rings. The van der Waals surface area contributed by atoms with Gasteiger partial charge in [-0.3, -0.25) is 0 Å². The fourth-order valence-corrected chi connectivity index (χ4v) is 0.203. The summed E-state index contributed by atoms with van der Waals surface area (Å²) in [6.45, 7) is 1.68. The molecule has 0 saturated heterocycles. The molecule has 0 aliphatic rings. The molecule has 2 nitrogen and oxygen atoms in total. The molecule has 0 unspecified atom stereocenters. The number of nitriles is 1. The molecule has 0 aliphatic carbocycles. The van der Waals surface area contributed by atoms with Crippen LogP contribution in [0.25, 0.3) is 0 Å². The minimum atomic E-state index is 0.586. The Labute approximate surface area is 43.0 Å². The molecule has 0 saturated carbocycles. The van der Waals surface area contributed by atoms with Gasteiger partial charge in [-0.05, 0) is 6.92 Å². The van der Waals surface area contributed by atoms with E-state index in [4.69, 9.17) is 5.26 Å². The van der Waals surface area contributed by atoms with Crippen molar-refractivity contribution in [3.63, 3.8) is 0 Å². The summed E-state index contributed by atoms with van der Waals surface area (Å²) in [5.74, 6) is 0. The van der Waals surface area contributed by atoms with Crippen LogP contribution in [0.2, 0.25) is 0 Å². The molecule has 2 heteroatoms. The van der Waals surface area contributed by atoms with Crippen LogP contribution in [0.5, 0.6) is 0 Å². The van der Waals surface area contributed by atoms with Crippen LogP contribution in [0.15, 0.2) is 11.8 Å². The third-order valence-electron chi connectivity index (χ3n) is 0.471. The predicted molar refractivity (Wildman–Crippen MR) is 26.4 cm³/mol. The largest absolute Gasteiger partial charge is 0.503 e. The second kappa shape index (κ2) is 3.23. The molecule has 38 valence electrons. The maximum atomic E-state index is 8.07. The molecule has 0 radical (unpaired) electrons. The van der Waals surface area contributed by atoms with E-state index in [2.05, 4.69) is 4.74 Å². The van der Waals surface area contributed by atoms with Gasteiger partial charge < -0.3 is 4.74 Å². The number of hydrogen-bond acceptors (Lipinski definition) is 2. The maximum Gasteiger partial charge on any atom is 0.0976 e. The van der Waals surface area contributed by atoms with Crippen LogP contribution in [0.4, 0.5) is 0 Å². The van der Waals surface area contributed by atoms with Crippen molar-refractivity contribution in [2.75, 3.05) is 7.11 Å². The third-order valence-corrected chi connectivity index (χ3v) is 0.471. The van der Waals surface area contributed by atoms with Crippen LogP contribution in [0, 0.1) is 11.3 Å². The average molecular weight is 97.1 g/mol. The SMILES string of the molecule is CO/C=C(\C)C#N. The molecule has 7 heavy (non-hydrogen) atoms. The third kappa shape index (κ3) is 2.84. The van der Waals surface area contributed by atoms with E-state index in [-0.39, 0.29) is 0 Å². The van der Waals surface area contributed by atoms with E-state index in [0.29, 0.717) is 5.57 Å². The van der Waals surface area contributed by atoms with E-state index in [1.165, 1.54) is 13.4 Å². The van der Waals surface area contributed by atoms with Crippen LogP contribution in [-0.4, -0.2) is 7.11 Å². The van der Waals surface area contributed by atoms with Gasteiger partial charge in [0.2, 0.25) is 0 Å². The summed E-state index contributed by atoms with van der Waals surface area (Å²) in [7, 11) is 1.51. The van der Waals surface area contributed by atoms with Crippen LogP contribution in [0.1, 0.15) is 6.92 Å². The minimum Gasteiger partial charge on any atom is -0.503 e. The van der Waals surface area contributed by atoms with E-state index in [1.54, 1.807) is 6.92 Å². The Morgan fingerprint density at radius 2 is 2.43 bits per heavy atom. The second-order valence-corrected chi connectivity index (χ2v) is 1.15. The van der Waals surface area contributed by atoms with E-state index >= 15 is 0 Å². The van der Waals surface area contributed by atoms with Crippen LogP contribution >= 0.6 is 0 Å². The number of rotatable bonds is 1. The fourth-order valence-electron chi connectivity index (χ4n) is 0.203. The molecule has 0 N–H and O–H groups in total. The monoisotopic (exact) mass is 97.1 g/mol. The molecule has 0 spiro atoms. The zero-order valence-corrected chi connectivity index (χ0v) is 4.43. The summed E-state index contributed by atoms with van der Waals surface area (Å²) in [4.78, 5) is 0. The van der Waals surface area contributed by atoms with Gasteiger partial charge in [-0.1, -0.05) is 0 Å². The summed E-state index contributed by atoms with van der Waals surface area (Å²) in [5.41, 5.74) is 0.586. The van der Waals surface area contributed by atoms with Gasteiger partial charge in [0.15, 0.2) is 0 Å². The highest BCUT2D eigenvalue weighted by Gasteiger charge is 1.76. The van der Waals surface area contributed by atoms with Crippen molar-refractivity contribution in [3.05, 3.63) is 11.8 Å². The zero-order valence-electron chi connectivity index (χ0n) is 4.43. The van der Waals surface area contributed by atoms with Crippen LogP contribution in [0.3, 0.4) is 0 Å². The Balaban J connectivity index is 3.57. The number of nitrogens with zero attached hydrogens (tertiary/aromatic N) is 1. The van der Waals surface area contributed by atoms with Crippen LogP contribution < -0.4 is 0 Å². The number of methoxy groups -OCH3 is 1. The molecule has 0 aromatic heterocycles. The van der Waals surface area contributed by atoms with Crippen molar-refractivity contribution in [3.8, 4) is 6.07 Å². The fraction of sp³-hybridized carbons (Fsp3) is 0.400. The van der Waals surface area contributed by atoms with Crippen molar-refractivity contribution < 1.29 is 4.74 Å². The number of allylic oxidation sites excluding steroid dienone is 1. The van der Waals surface area contributed by atoms with E-state index in [0.717, 1.165) is 0 Å². The van der Waals surface area contributed by atoms with Crippen molar-refractivity contribution in [1.82, 2.24) is 0 Å². The Morgan fingerprint density at radius 3 is 2.57 bits per heavy atom. The molecule has 0 aliphatic heterocycles.